The van der Waals surface area contributed by atoms with Crippen molar-refractivity contribution in [2.45, 2.75) is 32.6 Å². The van der Waals surface area contributed by atoms with Crippen LogP contribution in [0.15, 0.2) is 40.9 Å². The first-order valence-corrected chi connectivity index (χ1v) is 7.07. The second-order valence-electron chi connectivity index (χ2n) is 3.95. The van der Waals surface area contributed by atoms with Crippen molar-refractivity contribution in [1.82, 2.24) is 0 Å². The molecule has 0 bridgehead atoms. The van der Waals surface area contributed by atoms with Crippen LogP contribution >= 0.6 is 15.9 Å². The predicted octanol–water partition coefficient (Wildman–Crippen LogP) is 4.28. The summed E-state index contributed by atoms with van der Waals surface area (Å²) in [6.07, 6.45) is 7.41. The van der Waals surface area contributed by atoms with Gasteiger partial charge >= 0.3 is 5.97 Å². The maximum Gasteiger partial charge on any atom is 0.306 e. The van der Waals surface area contributed by atoms with Gasteiger partial charge in [-0.3, -0.25) is 4.79 Å². The first-order valence-electron chi connectivity index (χ1n) is 6.28. The molecule has 0 aliphatic rings. The lowest BCUT2D eigenvalue weighted by atomic mass is 10.1. The van der Waals surface area contributed by atoms with Crippen molar-refractivity contribution in [3.63, 3.8) is 0 Å². The molecule has 0 aliphatic heterocycles. The van der Waals surface area contributed by atoms with Crippen molar-refractivity contribution in [2.75, 3.05) is 6.61 Å². The van der Waals surface area contributed by atoms with Gasteiger partial charge < -0.3 is 4.74 Å². The van der Waals surface area contributed by atoms with Crippen molar-refractivity contribution in [3.8, 4) is 0 Å². The van der Waals surface area contributed by atoms with Gasteiger partial charge in [0.05, 0.1) is 6.61 Å². The summed E-state index contributed by atoms with van der Waals surface area (Å²) >= 11 is 3.53. The topological polar surface area (TPSA) is 26.3 Å². The average molecular weight is 311 g/mol. The fourth-order valence-corrected chi connectivity index (χ4v) is 2.09. The van der Waals surface area contributed by atoms with Crippen LogP contribution in [-0.2, 0) is 16.0 Å². The highest BCUT2D eigenvalue weighted by molar-refractivity contribution is 9.10. The Hall–Kier alpha value is -1.09. The van der Waals surface area contributed by atoms with Gasteiger partial charge in [0.2, 0.25) is 0 Å². The first kappa shape index (κ1) is 15.0. The Balaban J connectivity index is 2.18. The molecule has 0 spiro atoms. The average Bonchev–Trinajstić information content (AvgIpc) is 2.36. The van der Waals surface area contributed by atoms with Crippen LogP contribution < -0.4 is 0 Å². The molecule has 2 nitrogen and oxygen atoms in total. The van der Waals surface area contributed by atoms with Gasteiger partial charge in [-0.1, -0.05) is 46.3 Å². The zero-order valence-electron chi connectivity index (χ0n) is 10.7. The molecule has 0 saturated carbocycles. The van der Waals surface area contributed by atoms with Crippen LogP contribution in [0.2, 0.25) is 0 Å². The monoisotopic (exact) mass is 310 g/mol. The summed E-state index contributed by atoms with van der Waals surface area (Å²) in [5.74, 6) is -0.118. The number of aryl methyl sites for hydroxylation is 1. The van der Waals surface area contributed by atoms with E-state index in [-0.39, 0.29) is 5.97 Å². The molecule has 0 amide bonds. The van der Waals surface area contributed by atoms with Crippen LogP contribution in [-0.4, -0.2) is 12.6 Å². The van der Waals surface area contributed by atoms with Crippen LogP contribution in [0, 0.1) is 0 Å². The van der Waals surface area contributed by atoms with Crippen molar-refractivity contribution >= 4 is 21.9 Å². The third-order valence-electron chi connectivity index (χ3n) is 2.53. The molecular weight excluding hydrogens is 292 g/mol. The fraction of sp³-hybridized carbons (Fsp3) is 0.400. The molecule has 0 unspecified atom stereocenters. The number of carbonyl (C=O) groups is 1. The molecule has 18 heavy (non-hydrogen) atoms. The minimum Gasteiger partial charge on any atom is -0.466 e. The Morgan fingerprint density at radius 3 is 2.72 bits per heavy atom. The summed E-state index contributed by atoms with van der Waals surface area (Å²) < 4.78 is 6.01. The summed E-state index contributed by atoms with van der Waals surface area (Å²) in [5, 5.41) is 0. The number of benzene rings is 1. The van der Waals surface area contributed by atoms with Gasteiger partial charge in [-0.2, -0.15) is 0 Å². The Bertz CT molecular complexity index is 399. The molecule has 0 heterocycles. The SMILES string of the molecule is CCOC(=O)CC/C=C/CCc1ccccc1Br. The standard InChI is InChI=1S/C15H19BrO2/c1-2-18-15(17)12-6-4-3-5-9-13-10-7-8-11-14(13)16/h3-4,7-8,10-11H,2,5-6,9,12H2,1H3/b4-3+. The van der Waals surface area contributed by atoms with E-state index < -0.39 is 0 Å². The minimum absolute atomic E-state index is 0.118. The maximum absolute atomic E-state index is 11.1. The zero-order chi connectivity index (χ0) is 13.2. The number of rotatable bonds is 7. The molecule has 0 fully saturated rings. The summed E-state index contributed by atoms with van der Waals surface area (Å²) in [6, 6.07) is 8.24. The zero-order valence-corrected chi connectivity index (χ0v) is 12.3. The van der Waals surface area contributed by atoms with Crippen LogP contribution in [0.1, 0.15) is 31.7 Å². The van der Waals surface area contributed by atoms with Crippen molar-refractivity contribution < 1.29 is 9.53 Å². The maximum atomic E-state index is 11.1. The Morgan fingerprint density at radius 2 is 2.00 bits per heavy atom. The van der Waals surface area contributed by atoms with Crippen molar-refractivity contribution in [1.29, 1.82) is 0 Å². The number of ether oxygens (including phenoxy) is 1. The van der Waals surface area contributed by atoms with Gasteiger partial charge in [0.25, 0.3) is 0 Å². The van der Waals surface area contributed by atoms with Gasteiger partial charge in [-0.15, -0.1) is 0 Å². The Labute approximate surface area is 117 Å². The van der Waals surface area contributed by atoms with E-state index in [9.17, 15) is 4.79 Å². The molecule has 1 aromatic rings. The highest BCUT2D eigenvalue weighted by Crippen LogP contribution is 2.17. The summed E-state index contributed by atoms with van der Waals surface area (Å²) in [4.78, 5) is 11.1. The second kappa shape index (κ2) is 8.92. The Morgan fingerprint density at radius 1 is 1.28 bits per heavy atom. The highest BCUT2D eigenvalue weighted by Gasteiger charge is 1.98. The predicted molar refractivity (Wildman–Crippen MR) is 77.5 cm³/mol. The molecule has 98 valence electrons. The molecule has 1 rings (SSSR count). The lowest BCUT2D eigenvalue weighted by molar-refractivity contribution is -0.142. The minimum atomic E-state index is -0.118. The third-order valence-corrected chi connectivity index (χ3v) is 3.30. The lowest BCUT2D eigenvalue weighted by Crippen LogP contribution is -2.02. The third kappa shape index (κ3) is 6.01. The molecular formula is C15H19BrO2. The summed E-state index contributed by atoms with van der Waals surface area (Å²) in [7, 11) is 0. The second-order valence-corrected chi connectivity index (χ2v) is 4.80. The first-order chi connectivity index (χ1) is 8.74. The molecule has 0 aliphatic carbocycles. The number of carbonyl (C=O) groups excluding carboxylic acids is 1. The van der Waals surface area contributed by atoms with E-state index in [0.717, 1.165) is 23.7 Å². The van der Waals surface area contributed by atoms with Crippen LogP contribution in [0.25, 0.3) is 0 Å². The lowest BCUT2D eigenvalue weighted by Gasteiger charge is -2.01. The van der Waals surface area contributed by atoms with Gasteiger partial charge in [-0.05, 0) is 37.8 Å². The van der Waals surface area contributed by atoms with E-state index in [1.165, 1.54) is 5.56 Å². The van der Waals surface area contributed by atoms with E-state index >= 15 is 0 Å². The summed E-state index contributed by atoms with van der Waals surface area (Å²) in [5.41, 5.74) is 1.31. The quantitative estimate of drug-likeness (QED) is 0.555. The van der Waals surface area contributed by atoms with E-state index in [0.29, 0.717) is 13.0 Å². The molecule has 1 aromatic carbocycles. The highest BCUT2D eigenvalue weighted by atomic mass is 79.9. The van der Waals surface area contributed by atoms with Crippen molar-refractivity contribution in [3.05, 3.63) is 46.5 Å². The molecule has 0 radical (unpaired) electrons. The van der Waals surface area contributed by atoms with Crippen LogP contribution in [0.3, 0.4) is 0 Å². The Kier molecular flexibility index (Phi) is 7.42. The van der Waals surface area contributed by atoms with Gasteiger partial charge in [0, 0.05) is 10.9 Å². The normalized spacial score (nSPS) is 10.8. The van der Waals surface area contributed by atoms with Crippen molar-refractivity contribution in [2.24, 2.45) is 0 Å². The number of esters is 1. The van der Waals surface area contributed by atoms with Crippen LogP contribution in [0.5, 0.6) is 0 Å². The fourth-order valence-electron chi connectivity index (χ4n) is 1.61. The molecule has 0 saturated heterocycles. The number of hydrogen-bond acceptors (Lipinski definition) is 2. The number of allylic oxidation sites excluding steroid dienone is 2. The number of hydrogen-bond donors (Lipinski definition) is 0. The smallest absolute Gasteiger partial charge is 0.306 e. The summed E-state index contributed by atoms with van der Waals surface area (Å²) in [6.45, 7) is 2.29. The molecule has 0 aromatic heterocycles. The molecule has 3 heteroatoms. The van der Waals surface area contributed by atoms with Crippen LogP contribution in [0.4, 0.5) is 0 Å². The van der Waals surface area contributed by atoms with Gasteiger partial charge in [-0.25, -0.2) is 0 Å². The largest absolute Gasteiger partial charge is 0.466 e. The molecule has 0 atom stereocenters. The van der Waals surface area contributed by atoms with Gasteiger partial charge in [0.15, 0.2) is 0 Å². The van der Waals surface area contributed by atoms with Gasteiger partial charge in [0.1, 0.15) is 0 Å². The van der Waals surface area contributed by atoms with E-state index in [4.69, 9.17) is 4.74 Å². The van der Waals surface area contributed by atoms with E-state index in [1.54, 1.807) is 0 Å². The van der Waals surface area contributed by atoms with E-state index in [1.807, 2.05) is 25.1 Å². The number of halogens is 1. The van der Waals surface area contributed by atoms with E-state index in [2.05, 4.69) is 34.1 Å². The molecule has 0 N–H and O–H groups in total.